The van der Waals surface area contributed by atoms with E-state index in [1.807, 2.05) is 6.92 Å². The van der Waals surface area contributed by atoms with Gasteiger partial charge in [0.05, 0.1) is 6.20 Å². The number of rotatable bonds is 5. The maximum absolute atomic E-state index is 13.0. The molecule has 100 valence electrons. The van der Waals surface area contributed by atoms with E-state index in [1.54, 1.807) is 18.3 Å². The summed E-state index contributed by atoms with van der Waals surface area (Å²) in [4.78, 5) is 3.80. The third-order valence-electron chi connectivity index (χ3n) is 2.87. The number of hydrogen-bond donors (Lipinski definition) is 1. The predicted octanol–water partition coefficient (Wildman–Crippen LogP) is 3.08. The van der Waals surface area contributed by atoms with E-state index in [4.69, 9.17) is 0 Å². The average molecular weight is 262 g/mol. The van der Waals surface area contributed by atoms with Gasteiger partial charge in [-0.25, -0.2) is 8.78 Å². The lowest BCUT2D eigenvalue weighted by Crippen LogP contribution is -2.27. The largest absolute Gasteiger partial charge is 0.310 e. The van der Waals surface area contributed by atoms with Gasteiger partial charge in [0.25, 0.3) is 0 Å². The van der Waals surface area contributed by atoms with E-state index in [0.717, 1.165) is 17.5 Å². The van der Waals surface area contributed by atoms with E-state index < -0.39 is 0 Å². The molecule has 1 aromatic carbocycles. The summed E-state index contributed by atoms with van der Waals surface area (Å²) in [6.45, 7) is 2.60. The highest BCUT2D eigenvalue weighted by Crippen LogP contribution is 2.07. The molecule has 0 spiro atoms. The van der Waals surface area contributed by atoms with Crippen molar-refractivity contribution in [2.24, 2.45) is 0 Å². The van der Waals surface area contributed by atoms with Crippen molar-refractivity contribution in [2.75, 3.05) is 0 Å². The summed E-state index contributed by atoms with van der Waals surface area (Å²) in [5, 5.41) is 3.29. The summed E-state index contributed by atoms with van der Waals surface area (Å²) >= 11 is 0. The minimum absolute atomic E-state index is 0.216. The Hall–Kier alpha value is -1.81. The van der Waals surface area contributed by atoms with Gasteiger partial charge in [0.15, 0.2) is 0 Å². The quantitative estimate of drug-likeness (QED) is 0.895. The first-order valence-electron chi connectivity index (χ1n) is 6.21. The molecule has 1 unspecified atom stereocenters. The summed E-state index contributed by atoms with van der Waals surface area (Å²) < 4.78 is 25.7. The van der Waals surface area contributed by atoms with Crippen molar-refractivity contribution in [3.05, 3.63) is 65.5 Å². The molecule has 2 aromatic rings. The molecular weight excluding hydrogens is 246 g/mol. The minimum atomic E-state index is -0.328. The van der Waals surface area contributed by atoms with Gasteiger partial charge >= 0.3 is 0 Å². The lowest BCUT2D eigenvalue weighted by atomic mass is 10.1. The van der Waals surface area contributed by atoms with Crippen LogP contribution in [0.3, 0.4) is 0 Å². The van der Waals surface area contributed by atoms with Gasteiger partial charge in [-0.2, -0.15) is 0 Å². The van der Waals surface area contributed by atoms with Gasteiger partial charge in [0.1, 0.15) is 11.6 Å². The molecule has 19 heavy (non-hydrogen) atoms. The molecule has 0 saturated heterocycles. The number of nitrogens with one attached hydrogen (secondary N) is 1. The van der Waals surface area contributed by atoms with Crippen molar-refractivity contribution in [1.82, 2.24) is 10.3 Å². The summed E-state index contributed by atoms with van der Waals surface area (Å²) in [6, 6.07) is 8.14. The van der Waals surface area contributed by atoms with Crippen LogP contribution in [0, 0.1) is 11.6 Å². The zero-order valence-electron chi connectivity index (χ0n) is 10.7. The third kappa shape index (κ3) is 4.41. The number of aromatic nitrogens is 1. The smallest absolute Gasteiger partial charge is 0.141 e. The second kappa shape index (κ2) is 6.38. The maximum atomic E-state index is 13.0. The Morgan fingerprint density at radius 2 is 1.79 bits per heavy atom. The Morgan fingerprint density at radius 3 is 2.47 bits per heavy atom. The molecule has 0 bridgehead atoms. The highest BCUT2D eigenvalue weighted by Gasteiger charge is 2.04. The lowest BCUT2D eigenvalue weighted by Gasteiger charge is -2.13. The van der Waals surface area contributed by atoms with E-state index in [-0.39, 0.29) is 17.7 Å². The van der Waals surface area contributed by atoms with Crippen LogP contribution in [0.2, 0.25) is 0 Å². The molecule has 0 saturated carbocycles. The molecule has 0 aliphatic heterocycles. The Labute approximate surface area is 111 Å². The molecule has 0 fully saturated rings. The maximum Gasteiger partial charge on any atom is 0.141 e. The van der Waals surface area contributed by atoms with Crippen LogP contribution in [-0.2, 0) is 13.0 Å². The van der Waals surface area contributed by atoms with E-state index in [0.29, 0.717) is 6.54 Å². The number of halogens is 2. The van der Waals surface area contributed by atoms with Crippen LogP contribution in [0.4, 0.5) is 8.78 Å². The molecule has 1 N–H and O–H groups in total. The Morgan fingerprint density at radius 1 is 1.05 bits per heavy atom. The fourth-order valence-corrected chi connectivity index (χ4v) is 1.89. The predicted molar refractivity (Wildman–Crippen MR) is 70.6 cm³/mol. The van der Waals surface area contributed by atoms with Gasteiger partial charge in [0, 0.05) is 18.8 Å². The molecule has 4 heteroatoms. The van der Waals surface area contributed by atoms with Crippen LogP contribution in [0.1, 0.15) is 18.1 Å². The van der Waals surface area contributed by atoms with Crippen LogP contribution >= 0.6 is 0 Å². The molecule has 1 atom stereocenters. The number of pyridine rings is 1. The van der Waals surface area contributed by atoms with Crippen LogP contribution in [0.15, 0.2) is 42.7 Å². The summed E-state index contributed by atoms with van der Waals surface area (Å²) in [7, 11) is 0. The van der Waals surface area contributed by atoms with E-state index in [9.17, 15) is 8.78 Å². The lowest BCUT2D eigenvalue weighted by molar-refractivity contribution is 0.540. The third-order valence-corrected chi connectivity index (χ3v) is 2.87. The molecule has 1 aromatic heterocycles. The molecule has 0 aliphatic rings. The van der Waals surface area contributed by atoms with Gasteiger partial charge < -0.3 is 5.32 Å². The monoisotopic (exact) mass is 262 g/mol. The second-order valence-electron chi connectivity index (χ2n) is 4.62. The van der Waals surface area contributed by atoms with Gasteiger partial charge in [-0.1, -0.05) is 12.1 Å². The SMILES string of the molecule is CC(Cc1ccc(F)cc1)NCc1cncc(F)c1. The van der Waals surface area contributed by atoms with Crippen LogP contribution in [-0.4, -0.2) is 11.0 Å². The molecule has 2 nitrogen and oxygen atoms in total. The zero-order chi connectivity index (χ0) is 13.7. The highest BCUT2D eigenvalue weighted by molar-refractivity contribution is 5.17. The number of nitrogens with zero attached hydrogens (tertiary/aromatic N) is 1. The van der Waals surface area contributed by atoms with Crippen molar-refractivity contribution in [1.29, 1.82) is 0 Å². The summed E-state index contributed by atoms with van der Waals surface area (Å²) in [6.07, 6.45) is 3.62. The van der Waals surface area contributed by atoms with Crippen LogP contribution in [0.5, 0.6) is 0 Å². The van der Waals surface area contributed by atoms with Crippen molar-refractivity contribution < 1.29 is 8.78 Å². The summed E-state index contributed by atoms with van der Waals surface area (Å²) in [5.74, 6) is -0.555. The van der Waals surface area contributed by atoms with Gasteiger partial charge in [-0.15, -0.1) is 0 Å². The zero-order valence-corrected chi connectivity index (χ0v) is 10.7. The van der Waals surface area contributed by atoms with Crippen LogP contribution < -0.4 is 5.32 Å². The van der Waals surface area contributed by atoms with Crippen molar-refractivity contribution in [2.45, 2.75) is 25.9 Å². The molecule has 2 rings (SSSR count). The van der Waals surface area contributed by atoms with Gasteiger partial charge in [-0.05, 0) is 42.7 Å². The molecule has 0 aliphatic carbocycles. The number of benzene rings is 1. The van der Waals surface area contributed by atoms with E-state index in [1.165, 1.54) is 24.4 Å². The van der Waals surface area contributed by atoms with E-state index in [2.05, 4.69) is 10.3 Å². The fourth-order valence-electron chi connectivity index (χ4n) is 1.89. The Bertz CT molecular complexity index is 526. The van der Waals surface area contributed by atoms with Crippen molar-refractivity contribution in [3.8, 4) is 0 Å². The highest BCUT2D eigenvalue weighted by atomic mass is 19.1. The second-order valence-corrected chi connectivity index (χ2v) is 4.62. The molecular formula is C15H16F2N2. The molecule has 1 heterocycles. The number of hydrogen-bond acceptors (Lipinski definition) is 2. The van der Waals surface area contributed by atoms with E-state index >= 15 is 0 Å². The fraction of sp³-hybridized carbons (Fsp3) is 0.267. The first-order chi connectivity index (χ1) is 9.13. The first kappa shape index (κ1) is 13.6. The minimum Gasteiger partial charge on any atom is -0.310 e. The van der Waals surface area contributed by atoms with Gasteiger partial charge in [0.2, 0.25) is 0 Å². The van der Waals surface area contributed by atoms with Crippen molar-refractivity contribution in [3.63, 3.8) is 0 Å². The Balaban J connectivity index is 1.84. The normalized spacial score (nSPS) is 12.4. The average Bonchev–Trinajstić information content (AvgIpc) is 2.39. The first-order valence-corrected chi connectivity index (χ1v) is 6.21. The van der Waals surface area contributed by atoms with Crippen LogP contribution in [0.25, 0.3) is 0 Å². The van der Waals surface area contributed by atoms with Gasteiger partial charge in [-0.3, -0.25) is 4.98 Å². The molecule has 0 amide bonds. The molecule has 0 radical (unpaired) electrons. The standard InChI is InChI=1S/C15H16F2N2/c1-11(6-12-2-4-14(16)5-3-12)19-9-13-7-15(17)10-18-8-13/h2-5,7-8,10-11,19H,6,9H2,1H3. The topological polar surface area (TPSA) is 24.9 Å². The summed E-state index contributed by atoms with van der Waals surface area (Å²) in [5.41, 5.74) is 1.88. The van der Waals surface area contributed by atoms with Crippen molar-refractivity contribution >= 4 is 0 Å². The Kier molecular flexibility index (Phi) is 4.58.